The molecule has 6 aromatic rings. The van der Waals surface area contributed by atoms with Crippen LogP contribution in [0.3, 0.4) is 0 Å². The second kappa shape index (κ2) is 7.28. The third kappa shape index (κ3) is 2.96. The highest BCUT2D eigenvalue weighted by molar-refractivity contribution is 6.08. The van der Waals surface area contributed by atoms with Crippen LogP contribution in [0.15, 0.2) is 108 Å². The van der Waals surface area contributed by atoms with Crippen molar-refractivity contribution in [1.29, 1.82) is 0 Å². The second-order valence-corrected chi connectivity index (χ2v) is 8.39. The van der Waals surface area contributed by atoms with E-state index in [-0.39, 0.29) is 0 Å². The summed E-state index contributed by atoms with van der Waals surface area (Å²) in [4.78, 5) is 2.32. The average molecular weight is 414 g/mol. The molecule has 6 rings (SSSR count). The summed E-state index contributed by atoms with van der Waals surface area (Å²) in [5, 5.41) is 2.38. The molecule has 0 unspecified atom stereocenters. The standard InChI is InChI=1S/C30H23NO/c1-20-17-25(31(23-9-5-3-6-10-23)24-11-7-4-8-12-24)18-21(2)30(20)22-13-14-26-27(19-22)29-16-15-28(26)32-29/h3-19H,1-2H3. The summed E-state index contributed by atoms with van der Waals surface area (Å²) in [7, 11) is 0. The number of rotatable bonds is 4. The molecule has 0 aliphatic rings. The van der Waals surface area contributed by atoms with Crippen LogP contribution in [0.2, 0.25) is 0 Å². The number of hydrogen-bond donors (Lipinski definition) is 0. The summed E-state index contributed by atoms with van der Waals surface area (Å²) in [6.07, 6.45) is 0. The molecule has 0 saturated heterocycles. The second-order valence-electron chi connectivity index (χ2n) is 8.39. The molecule has 0 radical (unpaired) electrons. The molecule has 154 valence electrons. The van der Waals surface area contributed by atoms with E-state index in [1.54, 1.807) is 0 Å². The predicted molar refractivity (Wildman–Crippen MR) is 134 cm³/mol. The van der Waals surface area contributed by atoms with Gasteiger partial charge in [0.05, 0.1) is 0 Å². The molecule has 0 spiro atoms. The van der Waals surface area contributed by atoms with Gasteiger partial charge in [-0.15, -0.1) is 0 Å². The maximum absolute atomic E-state index is 5.86. The third-order valence-electron chi connectivity index (χ3n) is 6.25. The van der Waals surface area contributed by atoms with Crippen LogP contribution >= 0.6 is 0 Å². The lowest BCUT2D eigenvalue weighted by Gasteiger charge is -2.27. The van der Waals surface area contributed by atoms with E-state index in [1.807, 2.05) is 6.07 Å². The van der Waals surface area contributed by atoms with Crippen molar-refractivity contribution in [2.75, 3.05) is 4.90 Å². The van der Waals surface area contributed by atoms with E-state index in [0.717, 1.165) is 28.2 Å². The van der Waals surface area contributed by atoms with Crippen molar-refractivity contribution in [3.63, 3.8) is 0 Å². The predicted octanol–water partition coefficient (Wildman–Crippen LogP) is 8.78. The van der Waals surface area contributed by atoms with E-state index >= 15 is 0 Å². The lowest BCUT2D eigenvalue weighted by molar-refractivity contribution is 0.679. The van der Waals surface area contributed by atoms with Crippen LogP contribution in [-0.2, 0) is 0 Å². The maximum atomic E-state index is 5.86. The Balaban J connectivity index is 1.49. The molecule has 2 nitrogen and oxygen atoms in total. The summed E-state index contributed by atoms with van der Waals surface area (Å²) in [6, 6.07) is 36.4. The van der Waals surface area contributed by atoms with E-state index in [4.69, 9.17) is 4.42 Å². The summed E-state index contributed by atoms with van der Waals surface area (Å²) in [5.41, 5.74) is 10.4. The smallest absolute Gasteiger partial charge is 0.135 e. The Hall–Kier alpha value is -4.04. The molecule has 4 aromatic carbocycles. The zero-order chi connectivity index (χ0) is 21.7. The number of para-hydroxylation sites is 2. The Labute approximate surface area is 187 Å². The van der Waals surface area contributed by atoms with E-state index in [0.29, 0.717) is 0 Å². The number of anilines is 3. The van der Waals surface area contributed by atoms with Gasteiger partial charge in [-0.2, -0.15) is 0 Å². The first-order valence-corrected chi connectivity index (χ1v) is 11.0. The molecule has 2 bridgehead atoms. The lowest BCUT2D eigenvalue weighted by atomic mass is 9.93. The number of aryl methyl sites for hydroxylation is 2. The first-order chi connectivity index (χ1) is 15.7. The summed E-state index contributed by atoms with van der Waals surface area (Å²) >= 11 is 0. The zero-order valence-corrected chi connectivity index (χ0v) is 18.2. The molecule has 0 aliphatic carbocycles. The third-order valence-corrected chi connectivity index (χ3v) is 6.25. The van der Waals surface area contributed by atoms with E-state index in [9.17, 15) is 0 Å². The van der Waals surface area contributed by atoms with Gasteiger partial charge in [-0.05, 0) is 96.8 Å². The van der Waals surface area contributed by atoms with Crippen LogP contribution < -0.4 is 4.90 Å². The van der Waals surface area contributed by atoms with Crippen LogP contribution in [0.1, 0.15) is 11.1 Å². The molecule has 0 amide bonds. The van der Waals surface area contributed by atoms with Gasteiger partial charge in [0, 0.05) is 27.8 Å². The molecule has 2 heterocycles. The van der Waals surface area contributed by atoms with Gasteiger partial charge in [0.1, 0.15) is 11.2 Å². The fourth-order valence-corrected chi connectivity index (χ4v) is 4.87. The van der Waals surface area contributed by atoms with E-state index in [1.165, 1.54) is 33.0 Å². The molecular formula is C30H23NO. The van der Waals surface area contributed by atoms with Gasteiger partial charge >= 0.3 is 0 Å². The molecule has 0 N–H and O–H groups in total. The minimum atomic E-state index is 0.961. The van der Waals surface area contributed by atoms with Crippen molar-refractivity contribution in [2.45, 2.75) is 13.8 Å². The molecule has 0 aliphatic heterocycles. The van der Waals surface area contributed by atoms with Gasteiger partial charge in [-0.3, -0.25) is 0 Å². The van der Waals surface area contributed by atoms with Gasteiger partial charge in [-0.1, -0.05) is 42.5 Å². The van der Waals surface area contributed by atoms with Crippen molar-refractivity contribution in [3.05, 3.63) is 114 Å². The van der Waals surface area contributed by atoms with Crippen molar-refractivity contribution < 1.29 is 4.42 Å². The van der Waals surface area contributed by atoms with E-state index in [2.05, 4.69) is 116 Å². The van der Waals surface area contributed by atoms with Gasteiger partial charge < -0.3 is 9.32 Å². The molecule has 2 heteroatoms. The number of benzene rings is 5. The average Bonchev–Trinajstić information content (AvgIpc) is 3.43. The molecule has 32 heavy (non-hydrogen) atoms. The van der Waals surface area contributed by atoms with Crippen molar-refractivity contribution in [1.82, 2.24) is 0 Å². The quantitative estimate of drug-likeness (QED) is 0.287. The first kappa shape index (κ1) is 18.7. The van der Waals surface area contributed by atoms with Crippen molar-refractivity contribution >= 4 is 39.0 Å². The van der Waals surface area contributed by atoms with Crippen LogP contribution in [0.25, 0.3) is 33.1 Å². The van der Waals surface area contributed by atoms with Crippen LogP contribution in [0.4, 0.5) is 17.1 Å². The maximum Gasteiger partial charge on any atom is 0.135 e. The zero-order valence-electron chi connectivity index (χ0n) is 18.2. The summed E-state index contributed by atoms with van der Waals surface area (Å²) < 4.78 is 5.86. The number of fused-ring (bicyclic) bond motifs is 5. The van der Waals surface area contributed by atoms with Gasteiger partial charge in [0.25, 0.3) is 0 Å². The molecule has 0 fully saturated rings. The number of hydrogen-bond acceptors (Lipinski definition) is 2. The highest BCUT2D eigenvalue weighted by Gasteiger charge is 2.17. The SMILES string of the molecule is Cc1cc(N(c2ccccc2)c2ccccc2)cc(C)c1-c1ccc2c3ccc(o3)c2c1. The van der Waals surface area contributed by atoms with Crippen LogP contribution in [0.5, 0.6) is 0 Å². The van der Waals surface area contributed by atoms with Crippen molar-refractivity contribution in [2.24, 2.45) is 0 Å². The first-order valence-electron chi connectivity index (χ1n) is 11.0. The number of furan rings is 2. The molecule has 2 aromatic heterocycles. The Morgan fingerprint density at radius 1 is 0.531 bits per heavy atom. The molecule has 0 atom stereocenters. The largest absolute Gasteiger partial charge is 0.456 e. The number of nitrogens with zero attached hydrogens (tertiary/aromatic N) is 1. The summed E-state index contributed by atoms with van der Waals surface area (Å²) in [5.74, 6) is 0. The highest BCUT2D eigenvalue weighted by Crippen LogP contribution is 2.40. The fraction of sp³-hybridized carbons (Fsp3) is 0.0667. The Morgan fingerprint density at radius 2 is 1.09 bits per heavy atom. The van der Waals surface area contributed by atoms with Gasteiger partial charge in [0.15, 0.2) is 0 Å². The van der Waals surface area contributed by atoms with Crippen LogP contribution in [-0.4, -0.2) is 0 Å². The Bertz CT molecular complexity index is 1470. The molecule has 0 saturated carbocycles. The fourth-order valence-electron chi connectivity index (χ4n) is 4.87. The van der Waals surface area contributed by atoms with Crippen molar-refractivity contribution in [3.8, 4) is 11.1 Å². The molecular weight excluding hydrogens is 390 g/mol. The van der Waals surface area contributed by atoms with Gasteiger partial charge in [-0.25, -0.2) is 0 Å². The summed E-state index contributed by atoms with van der Waals surface area (Å²) in [6.45, 7) is 4.41. The monoisotopic (exact) mass is 413 g/mol. The lowest BCUT2D eigenvalue weighted by Crippen LogP contribution is -2.10. The Kier molecular flexibility index (Phi) is 4.26. The normalized spacial score (nSPS) is 11.4. The highest BCUT2D eigenvalue weighted by atomic mass is 16.3. The van der Waals surface area contributed by atoms with E-state index < -0.39 is 0 Å². The minimum absolute atomic E-state index is 0.961. The topological polar surface area (TPSA) is 16.4 Å². The van der Waals surface area contributed by atoms with Gasteiger partial charge in [0.2, 0.25) is 0 Å². The Morgan fingerprint density at radius 3 is 1.69 bits per heavy atom. The van der Waals surface area contributed by atoms with Crippen LogP contribution in [0, 0.1) is 13.8 Å². The minimum Gasteiger partial charge on any atom is -0.456 e.